The highest BCUT2D eigenvalue weighted by Gasteiger charge is 2.16. The van der Waals surface area contributed by atoms with Gasteiger partial charge in [0.15, 0.2) is 0 Å². The maximum atomic E-state index is 6.47. The highest BCUT2D eigenvalue weighted by Crippen LogP contribution is 2.40. The predicted molar refractivity (Wildman–Crippen MR) is 173 cm³/mol. The third kappa shape index (κ3) is 5.51. The van der Waals surface area contributed by atoms with E-state index in [9.17, 15) is 0 Å². The van der Waals surface area contributed by atoms with Crippen molar-refractivity contribution in [1.29, 1.82) is 0 Å². The van der Waals surface area contributed by atoms with Gasteiger partial charge in [-0.25, -0.2) is 0 Å². The van der Waals surface area contributed by atoms with Crippen LogP contribution >= 0.6 is 0 Å². The van der Waals surface area contributed by atoms with Crippen molar-refractivity contribution in [1.82, 2.24) is 0 Å². The van der Waals surface area contributed by atoms with E-state index in [2.05, 4.69) is 74.5 Å². The van der Waals surface area contributed by atoms with E-state index in [-0.39, 0.29) is 0 Å². The van der Waals surface area contributed by atoms with Crippen LogP contribution in [0, 0.1) is 0 Å². The maximum absolute atomic E-state index is 6.47. The second-order valence-electron chi connectivity index (χ2n) is 11.9. The fourth-order valence-electron chi connectivity index (χ4n) is 6.50. The number of fused-ring (bicyclic) bond motifs is 9. The number of furan rings is 2. The molecule has 0 aliphatic carbocycles. The lowest BCUT2D eigenvalue weighted by atomic mass is 10.00. The molecule has 0 fully saturated rings. The zero-order valence-corrected chi connectivity index (χ0v) is 24.5. The first-order chi connectivity index (χ1) is 19.8. The summed E-state index contributed by atoms with van der Waals surface area (Å²) in [5, 5.41) is 7.11. The van der Waals surface area contributed by atoms with Gasteiger partial charge in [-0.1, -0.05) is 90.2 Å². The second-order valence-corrected chi connectivity index (χ2v) is 11.9. The van der Waals surface area contributed by atoms with Crippen LogP contribution < -0.4 is 0 Å². The van der Waals surface area contributed by atoms with Gasteiger partial charge in [0.1, 0.15) is 22.3 Å². The molecule has 0 saturated carbocycles. The Labute approximate surface area is 238 Å². The van der Waals surface area contributed by atoms with E-state index in [4.69, 9.17) is 8.83 Å². The van der Waals surface area contributed by atoms with Crippen LogP contribution in [0.4, 0.5) is 0 Å². The van der Waals surface area contributed by atoms with E-state index in [1.165, 1.54) is 110 Å². The number of unbranched alkanes of at least 4 members (excludes halogenated alkanes) is 10. The molecule has 2 heteroatoms. The molecule has 0 unspecified atom stereocenters. The van der Waals surface area contributed by atoms with Crippen LogP contribution in [0.2, 0.25) is 0 Å². The standard InChI is InChI=1S/C38H44O2/c1-3-5-7-9-11-13-15-27-17-23-35-33(25-27)31-21-19-30-29(37(31)39-35)20-22-32-34-26-28(16-14-12-10-8-6-4-2)18-24-36(34)40-38(30)32/h17-26H,3-16H2,1-2H3. The summed E-state index contributed by atoms with van der Waals surface area (Å²) in [6.07, 6.45) is 18.2. The van der Waals surface area contributed by atoms with Crippen molar-refractivity contribution < 1.29 is 8.83 Å². The lowest BCUT2D eigenvalue weighted by molar-refractivity contribution is 0.607. The van der Waals surface area contributed by atoms with Gasteiger partial charge < -0.3 is 8.83 Å². The van der Waals surface area contributed by atoms with Crippen molar-refractivity contribution in [3.8, 4) is 0 Å². The minimum atomic E-state index is 0.968. The molecule has 0 aliphatic rings. The molecule has 208 valence electrons. The Bertz CT molecular complexity index is 1600. The minimum Gasteiger partial charge on any atom is -0.455 e. The molecule has 0 bridgehead atoms. The molecule has 40 heavy (non-hydrogen) atoms. The van der Waals surface area contributed by atoms with Crippen LogP contribution in [-0.2, 0) is 12.8 Å². The number of benzene rings is 4. The summed E-state index contributed by atoms with van der Waals surface area (Å²) in [5.74, 6) is 0. The van der Waals surface area contributed by atoms with E-state index in [0.717, 1.165) is 45.9 Å². The molecule has 2 nitrogen and oxygen atoms in total. The first kappa shape index (κ1) is 26.9. The molecule has 0 aliphatic heterocycles. The number of aryl methyl sites for hydroxylation is 2. The lowest BCUT2D eigenvalue weighted by Crippen LogP contribution is -1.86. The largest absolute Gasteiger partial charge is 0.455 e. The average Bonchev–Trinajstić information content (AvgIpc) is 3.54. The summed E-state index contributed by atoms with van der Waals surface area (Å²) in [5.41, 5.74) is 6.70. The number of hydrogen-bond donors (Lipinski definition) is 0. The van der Waals surface area contributed by atoms with Gasteiger partial charge in [-0.2, -0.15) is 0 Å². The van der Waals surface area contributed by atoms with Gasteiger partial charge in [-0.15, -0.1) is 0 Å². The Morgan fingerprint density at radius 2 is 0.775 bits per heavy atom. The number of hydrogen-bond acceptors (Lipinski definition) is 2. The summed E-state index contributed by atoms with van der Waals surface area (Å²) in [6, 6.07) is 22.5. The van der Waals surface area contributed by atoms with Gasteiger partial charge in [-0.05, 0) is 85.3 Å². The van der Waals surface area contributed by atoms with Crippen molar-refractivity contribution in [2.75, 3.05) is 0 Å². The van der Waals surface area contributed by atoms with Crippen LogP contribution in [0.15, 0.2) is 69.5 Å². The van der Waals surface area contributed by atoms with Gasteiger partial charge in [0.25, 0.3) is 0 Å². The first-order valence-corrected chi connectivity index (χ1v) is 16.0. The molecule has 0 saturated heterocycles. The predicted octanol–water partition coefficient (Wildman–Crippen LogP) is 12.4. The molecule has 4 aromatic carbocycles. The topological polar surface area (TPSA) is 26.3 Å². The molecule has 0 N–H and O–H groups in total. The molecule has 2 aromatic heterocycles. The Morgan fingerprint density at radius 1 is 0.400 bits per heavy atom. The zero-order chi connectivity index (χ0) is 27.3. The fraction of sp³-hybridized carbons (Fsp3) is 0.421. The van der Waals surface area contributed by atoms with E-state index in [0.29, 0.717) is 0 Å². The highest BCUT2D eigenvalue weighted by atomic mass is 16.3. The fourth-order valence-corrected chi connectivity index (χ4v) is 6.50. The molecule has 0 atom stereocenters. The monoisotopic (exact) mass is 532 g/mol. The van der Waals surface area contributed by atoms with Crippen LogP contribution in [0.3, 0.4) is 0 Å². The second kappa shape index (κ2) is 12.5. The van der Waals surface area contributed by atoms with E-state index < -0.39 is 0 Å². The van der Waals surface area contributed by atoms with Gasteiger partial charge in [0, 0.05) is 32.3 Å². The lowest BCUT2D eigenvalue weighted by Gasteiger charge is -2.03. The van der Waals surface area contributed by atoms with Crippen molar-refractivity contribution in [3.05, 3.63) is 71.8 Å². The molecular formula is C38H44O2. The molecule has 2 heterocycles. The Balaban J connectivity index is 1.26. The van der Waals surface area contributed by atoms with E-state index in [1.54, 1.807) is 0 Å². The summed E-state index contributed by atoms with van der Waals surface area (Å²) < 4.78 is 12.9. The summed E-state index contributed by atoms with van der Waals surface area (Å²) in [4.78, 5) is 0. The molecule has 6 rings (SSSR count). The Morgan fingerprint density at radius 3 is 1.20 bits per heavy atom. The molecule has 0 amide bonds. The van der Waals surface area contributed by atoms with Crippen molar-refractivity contribution in [2.24, 2.45) is 0 Å². The normalized spacial score (nSPS) is 12.2. The van der Waals surface area contributed by atoms with Gasteiger partial charge >= 0.3 is 0 Å². The molecule has 6 aromatic rings. The Hall–Kier alpha value is -3.26. The third-order valence-electron chi connectivity index (χ3n) is 8.83. The van der Waals surface area contributed by atoms with Gasteiger partial charge in [0.2, 0.25) is 0 Å². The van der Waals surface area contributed by atoms with Crippen LogP contribution in [-0.4, -0.2) is 0 Å². The van der Waals surface area contributed by atoms with Crippen molar-refractivity contribution >= 4 is 54.6 Å². The molecular weight excluding hydrogens is 488 g/mol. The van der Waals surface area contributed by atoms with Crippen LogP contribution in [0.5, 0.6) is 0 Å². The maximum Gasteiger partial charge on any atom is 0.143 e. The third-order valence-corrected chi connectivity index (χ3v) is 8.83. The highest BCUT2D eigenvalue weighted by molar-refractivity contribution is 6.22. The summed E-state index contributed by atoms with van der Waals surface area (Å²) in [6.45, 7) is 4.56. The van der Waals surface area contributed by atoms with Crippen LogP contribution in [0.1, 0.15) is 102 Å². The Kier molecular flexibility index (Phi) is 8.42. The SMILES string of the molecule is CCCCCCCCc1ccc2oc3c(ccc4c3ccc3c5cc(CCCCCCCC)ccc5oc34)c2c1. The van der Waals surface area contributed by atoms with Crippen molar-refractivity contribution in [2.45, 2.75) is 104 Å². The van der Waals surface area contributed by atoms with E-state index >= 15 is 0 Å². The summed E-state index contributed by atoms with van der Waals surface area (Å²) >= 11 is 0. The van der Waals surface area contributed by atoms with Crippen LogP contribution in [0.25, 0.3) is 54.6 Å². The first-order valence-electron chi connectivity index (χ1n) is 16.0. The number of rotatable bonds is 14. The van der Waals surface area contributed by atoms with E-state index in [1.807, 2.05) is 0 Å². The quantitative estimate of drug-likeness (QED) is 0.130. The van der Waals surface area contributed by atoms with Crippen molar-refractivity contribution in [3.63, 3.8) is 0 Å². The molecule has 0 spiro atoms. The zero-order valence-electron chi connectivity index (χ0n) is 24.5. The average molecular weight is 533 g/mol. The molecule has 0 radical (unpaired) electrons. The summed E-state index contributed by atoms with van der Waals surface area (Å²) in [7, 11) is 0. The van der Waals surface area contributed by atoms with Gasteiger partial charge in [-0.3, -0.25) is 0 Å². The van der Waals surface area contributed by atoms with Gasteiger partial charge in [0.05, 0.1) is 0 Å². The smallest absolute Gasteiger partial charge is 0.143 e. The minimum absolute atomic E-state index is 0.968.